The molecule has 3 aliphatic heterocycles. The molecule has 3 saturated heterocycles. The normalized spacial score (nSPS) is 36.2. The maximum absolute atomic E-state index is 13.1. The minimum absolute atomic E-state index is 0.0948. The summed E-state index contributed by atoms with van der Waals surface area (Å²) in [6.07, 6.45) is 0.161. The van der Waals surface area contributed by atoms with E-state index in [-0.39, 0.29) is 24.3 Å². The lowest BCUT2D eigenvalue weighted by Crippen LogP contribution is -2.49. The third-order valence-electron chi connectivity index (χ3n) is 5.37. The Morgan fingerprint density at radius 1 is 1.28 bits per heavy atom. The molecule has 2 aromatic heterocycles. The van der Waals surface area contributed by atoms with Crippen LogP contribution in [0.5, 0.6) is 0 Å². The van der Waals surface area contributed by atoms with E-state index in [9.17, 15) is 9.90 Å². The molecule has 0 amide bonds. The Bertz CT molecular complexity index is 818. The second-order valence-electron chi connectivity index (χ2n) is 6.77. The van der Waals surface area contributed by atoms with E-state index < -0.39 is 24.7 Å². The van der Waals surface area contributed by atoms with Crippen LogP contribution in [-0.2, 0) is 19.9 Å². The first-order chi connectivity index (χ1) is 13.3. The number of carbonyl (C=O) groups is 1. The summed E-state index contributed by atoms with van der Waals surface area (Å²) in [6, 6.07) is 6.43. The molecule has 132 valence electrons. The van der Waals surface area contributed by atoms with E-state index in [0.717, 1.165) is 0 Å². The number of hydrogen-bond acceptors (Lipinski definition) is 7. The lowest BCUT2D eigenvalue weighted by Gasteiger charge is -2.38. The van der Waals surface area contributed by atoms with Crippen LogP contribution in [-0.4, -0.2) is 53.3 Å². The van der Waals surface area contributed by atoms with E-state index in [1.807, 2.05) is 0 Å². The maximum atomic E-state index is 13.1. The molecule has 25 heavy (non-hydrogen) atoms. The van der Waals surface area contributed by atoms with Crippen LogP contribution in [0.15, 0.2) is 35.0 Å². The van der Waals surface area contributed by atoms with E-state index in [0.29, 0.717) is 22.6 Å². The number of fused-ring (bicyclic) bond motifs is 5. The highest BCUT2D eigenvalue weighted by atomic mass is 32.1. The van der Waals surface area contributed by atoms with Crippen LogP contribution in [0.2, 0.25) is 0 Å². The number of esters is 1. The van der Waals surface area contributed by atoms with Crippen LogP contribution in [0.3, 0.4) is 0 Å². The maximum Gasteiger partial charge on any atom is 0.349 e. The van der Waals surface area contributed by atoms with Crippen LogP contribution in [0.25, 0.3) is 0 Å². The summed E-state index contributed by atoms with van der Waals surface area (Å²) in [5.74, 6) is -0.710. The fourth-order valence-electron chi connectivity index (χ4n) is 4.07. The molecular formula is C18H19NO4S2. The minimum atomic E-state index is -2.18. The second kappa shape index (κ2) is 5.62. The molecule has 5 atom stereocenters. The molecular weight excluding hydrogens is 358 g/mol. The number of hydrogen-bond donors (Lipinski definition) is 1. The number of epoxide rings is 1. The zero-order valence-electron chi connectivity index (χ0n) is 16.2. The van der Waals surface area contributed by atoms with E-state index in [1.54, 1.807) is 39.9 Å². The molecule has 5 rings (SSSR count). The molecule has 7 heteroatoms. The van der Waals surface area contributed by atoms with E-state index in [4.69, 9.17) is 13.6 Å². The average Bonchev–Trinajstić information content (AvgIpc) is 3.03. The van der Waals surface area contributed by atoms with Crippen molar-refractivity contribution in [1.82, 2.24) is 4.90 Å². The summed E-state index contributed by atoms with van der Waals surface area (Å²) in [6.45, 7) is -2.18. The first kappa shape index (κ1) is 13.0. The van der Waals surface area contributed by atoms with Gasteiger partial charge >= 0.3 is 5.97 Å². The summed E-state index contributed by atoms with van der Waals surface area (Å²) in [5, 5.41) is 15.0. The van der Waals surface area contributed by atoms with Gasteiger partial charge in [0.15, 0.2) is 0 Å². The fraction of sp³-hybridized carbons (Fsp3) is 0.500. The summed E-state index contributed by atoms with van der Waals surface area (Å²) in [4.78, 5) is 15.7. The van der Waals surface area contributed by atoms with Gasteiger partial charge in [0.2, 0.25) is 5.60 Å². The van der Waals surface area contributed by atoms with Crippen molar-refractivity contribution in [2.75, 3.05) is 6.98 Å². The number of morpholine rings is 1. The topological polar surface area (TPSA) is 62.3 Å². The zero-order chi connectivity index (χ0) is 19.7. The molecule has 1 N–H and O–H groups in total. The standard InChI is InChI=1S/C18H19NO4S2/c1-19-11-8-10(9-12(19)16-15(11)23-16)22-17(20)18(21,13-4-2-6-24-13)14-5-3-7-25-14/h2-7,10-12,15-16,21H,8-9H2,1H3/t10?,11-,12+,15+,16?/m1/s1/i1D3. The molecule has 0 aromatic carbocycles. The van der Waals surface area contributed by atoms with E-state index in [2.05, 4.69) is 0 Å². The van der Waals surface area contributed by atoms with Gasteiger partial charge in [0.05, 0.1) is 9.75 Å². The van der Waals surface area contributed by atoms with Crippen molar-refractivity contribution < 1.29 is 23.5 Å². The quantitative estimate of drug-likeness (QED) is 0.651. The molecule has 0 radical (unpaired) electrons. The molecule has 3 aliphatic rings. The summed E-state index contributed by atoms with van der Waals surface area (Å²) in [5.41, 5.74) is -1.85. The molecule has 0 spiro atoms. The van der Waals surface area contributed by atoms with Gasteiger partial charge in [-0.1, -0.05) is 12.1 Å². The molecule has 2 aromatic rings. The lowest BCUT2D eigenvalue weighted by molar-refractivity contribution is -0.171. The van der Waals surface area contributed by atoms with Crippen molar-refractivity contribution >= 4 is 28.6 Å². The number of piperidine rings is 1. The molecule has 5 heterocycles. The smallest absolute Gasteiger partial charge is 0.349 e. The van der Waals surface area contributed by atoms with Gasteiger partial charge in [0.1, 0.15) is 18.3 Å². The van der Waals surface area contributed by atoms with Gasteiger partial charge in [-0.15, -0.1) is 22.7 Å². The summed E-state index contributed by atoms with van der Waals surface area (Å²) >= 11 is 2.59. The molecule has 0 saturated carbocycles. The molecule has 0 aliphatic carbocycles. The number of thiophene rings is 2. The predicted octanol–water partition coefficient (Wildman–Crippen LogP) is 2.20. The monoisotopic (exact) mass is 380 g/mol. The van der Waals surface area contributed by atoms with Crippen LogP contribution < -0.4 is 0 Å². The average molecular weight is 381 g/mol. The van der Waals surface area contributed by atoms with Crippen molar-refractivity contribution in [2.24, 2.45) is 0 Å². The highest BCUT2D eigenvalue weighted by Gasteiger charge is 2.63. The Balaban J connectivity index is 1.38. The Labute approximate surface area is 158 Å². The first-order valence-corrected chi connectivity index (χ1v) is 10.0. The Kier molecular flexibility index (Phi) is 2.92. The highest BCUT2D eigenvalue weighted by Crippen LogP contribution is 2.48. The van der Waals surface area contributed by atoms with Gasteiger partial charge in [0, 0.05) is 29.0 Å². The van der Waals surface area contributed by atoms with Gasteiger partial charge in [-0.2, -0.15) is 0 Å². The number of nitrogens with zero attached hydrogens (tertiary/aromatic N) is 1. The van der Waals surface area contributed by atoms with Crippen molar-refractivity contribution in [1.29, 1.82) is 0 Å². The highest BCUT2D eigenvalue weighted by molar-refractivity contribution is 7.12. The molecule has 5 nitrogen and oxygen atoms in total. The lowest BCUT2D eigenvalue weighted by atomic mass is 9.97. The number of rotatable bonds is 4. The largest absolute Gasteiger partial charge is 0.460 e. The third-order valence-corrected chi connectivity index (χ3v) is 7.33. The summed E-state index contributed by atoms with van der Waals surface area (Å²) in [7, 11) is 0. The third kappa shape index (κ3) is 2.34. The van der Waals surface area contributed by atoms with Crippen molar-refractivity contribution in [2.45, 2.75) is 48.8 Å². The summed E-state index contributed by atoms with van der Waals surface area (Å²) < 4.78 is 34.8. The predicted molar refractivity (Wildman–Crippen MR) is 94.8 cm³/mol. The number of aliphatic hydroxyl groups is 1. The van der Waals surface area contributed by atoms with Crippen LogP contribution >= 0.6 is 22.7 Å². The van der Waals surface area contributed by atoms with Crippen LogP contribution in [0, 0.1) is 0 Å². The minimum Gasteiger partial charge on any atom is -0.460 e. The van der Waals surface area contributed by atoms with Gasteiger partial charge in [-0.25, -0.2) is 4.79 Å². The van der Waals surface area contributed by atoms with Crippen molar-refractivity contribution in [3.63, 3.8) is 0 Å². The number of likely N-dealkylation sites (N-methyl/N-ethyl adjacent to an activating group) is 1. The van der Waals surface area contributed by atoms with Crippen molar-refractivity contribution in [3.8, 4) is 0 Å². The van der Waals surface area contributed by atoms with Gasteiger partial charge in [-0.3, -0.25) is 4.90 Å². The van der Waals surface area contributed by atoms with Crippen LogP contribution in [0.1, 0.15) is 26.7 Å². The Hall–Kier alpha value is -1.25. The molecule has 2 unspecified atom stereocenters. The van der Waals surface area contributed by atoms with Gasteiger partial charge in [-0.05, 0) is 29.9 Å². The van der Waals surface area contributed by atoms with Gasteiger partial charge in [0.25, 0.3) is 0 Å². The SMILES string of the molecule is [2H]C([2H])([2H])N1[C@@H]2CC(OC(=O)C(O)(c3cccs3)c3cccs3)C[C@H]1C1O[C@H]12. The number of ether oxygens (including phenoxy) is 2. The van der Waals surface area contributed by atoms with Crippen molar-refractivity contribution in [3.05, 3.63) is 44.8 Å². The van der Waals surface area contributed by atoms with E-state index >= 15 is 0 Å². The molecule has 3 fully saturated rings. The fourth-order valence-corrected chi connectivity index (χ4v) is 5.79. The first-order valence-electron chi connectivity index (χ1n) is 9.75. The Morgan fingerprint density at radius 2 is 1.88 bits per heavy atom. The van der Waals surface area contributed by atoms with Gasteiger partial charge < -0.3 is 14.6 Å². The van der Waals surface area contributed by atoms with E-state index in [1.165, 1.54) is 22.7 Å². The Morgan fingerprint density at radius 3 is 2.36 bits per heavy atom. The number of carbonyl (C=O) groups excluding carboxylic acids is 1. The molecule has 2 bridgehead atoms. The zero-order valence-corrected chi connectivity index (χ0v) is 14.8. The second-order valence-corrected chi connectivity index (χ2v) is 8.67. The van der Waals surface area contributed by atoms with Crippen LogP contribution in [0.4, 0.5) is 0 Å².